The minimum atomic E-state index is -0.848. The van der Waals surface area contributed by atoms with Crippen LogP contribution in [0.3, 0.4) is 0 Å². The lowest BCUT2D eigenvalue weighted by molar-refractivity contribution is -0.136. The van der Waals surface area contributed by atoms with E-state index >= 15 is 0 Å². The number of halogens is 1. The summed E-state index contributed by atoms with van der Waals surface area (Å²) < 4.78 is 20.6. The summed E-state index contributed by atoms with van der Waals surface area (Å²) in [6, 6.07) is 19.2. The average Bonchev–Trinajstić information content (AvgIpc) is 3.11. The molecule has 1 heterocycles. The summed E-state index contributed by atoms with van der Waals surface area (Å²) in [4.78, 5) is 16.0. The van der Waals surface area contributed by atoms with E-state index in [0.717, 1.165) is 46.6 Å². The third-order valence-corrected chi connectivity index (χ3v) is 7.85. The van der Waals surface area contributed by atoms with Crippen LogP contribution in [0, 0.1) is 0 Å². The maximum atomic E-state index is 11.2. The molecule has 3 aromatic carbocycles. The second kappa shape index (κ2) is 13.8. The summed E-state index contributed by atoms with van der Waals surface area (Å²) in [7, 11) is 2.03. The van der Waals surface area contributed by atoms with Gasteiger partial charge in [-0.15, -0.1) is 0 Å². The highest BCUT2D eigenvalue weighted by Crippen LogP contribution is 2.29. The van der Waals surface area contributed by atoms with Crippen molar-refractivity contribution in [2.45, 2.75) is 70.5 Å². The molecule has 0 saturated heterocycles. The number of carbonyl (C=O) groups is 1. The van der Waals surface area contributed by atoms with Gasteiger partial charge in [-0.3, -0.25) is 4.79 Å². The van der Waals surface area contributed by atoms with E-state index in [-0.39, 0.29) is 6.42 Å². The molecule has 1 aliphatic carbocycles. The predicted molar refractivity (Wildman–Crippen MR) is 160 cm³/mol. The molecule has 7 nitrogen and oxygen atoms in total. The molecule has 0 radical (unpaired) electrons. The third kappa shape index (κ3) is 7.94. The lowest BCUT2D eigenvalue weighted by Crippen LogP contribution is -2.15. The zero-order valence-electron chi connectivity index (χ0n) is 23.5. The molecule has 0 aliphatic heterocycles. The Morgan fingerprint density at radius 3 is 2.46 bits per heavy atom. The number of fused-ring (bicyclic) bond motifs is 1. The summed E-state index contributed by atoms with van der Waals surface area (Å²) in [5, 5.41) is 9.82. The number of hydrogen-bond acceptors (Lipinski definition) is 5. The molecule has 216 valence electrons. The minimum Gasteiger partial charge on any atom is -0.493 e. The van der Waals surface area contributed by atoms with E-state index in [9.17, 15) is 4.79 Å². The van der Waals surface area contributed by atoms with E-state index in [1.807, 2.05) is 61.6 Å². The standard InChI is InChI=1S/C33H37ClN2O5/c1-36-30-20-28(41-26-6-4-2-3-5-7-26)15-16-29(30)35-32(36)18-19-39-27-14-10-24(11-17-33(37)38)31(21-27)40-22-23-8-12-25(34)13-9-23/h8-10,12-16,20-21,26H,2-7,11,17-19,22H2,1H3,(H,37,38). The smallest absolute Gasteiger partial charge is 0.303 e. The molecular weight excluding hydrogens is 540 g/mol. The summed E-state index contributed by atoms with van der Waals surface area (Å²) in [6.07, 6.45) is 8.67. The Morgan fingerprint density at radius 1 is 0.951 bits per heavy atom. The molecule has 0 atom stereocenters. The van der Waals surface area contributed by atoms with Gasteiger partial charge in [0.2, 0.25) is 0 Å². The van der Waals surface area contributed by atoms with E-state index in [0.29, 0.717) is 48.7 Å². The third-order valence-electron chi connectivity index (χ3n) is 7.60. The largest absolute Gasteiger partial charge is 0.493 e. The number of imidazole rings is 1. The maximum Gasteiger partial charge on any atom is 0.303 e. The van der Waals surface area contributed by atoms with Gasteiger partial charge in [-0.1, -0.05) is 42.6 Å². The Bertz CT molecular complexity index is 1460. The van der Waals surface area contributed by atoms with Crippen molar-refractivity contribution >= 4 is 28.6 Å². The molecule has 0 amide bonds. The van der Waals surface area contributed by atoms with Crippen LogP contribution in [0.25, 0.3) is 11.0 Å². The number of carboxylic acid groups (broad SMARTS) is 1. The number of aliphatic carboxylic acids is 1. The lowest BCUT2D eigenvalue weighted by Gasteiger charge is -2.17. The zero-order chi connectivity index (χ0) is 28.6. The monoisotopic (exact) mass is 576 g/mol. The van der Waals surface area contributed by atoms with Gasteiger partial charge in [0, 0.05) is 37.0 Å². The van der Waals surface area contributed by atoms with Gasteiger partial charge < -0.3 is 23.9 Å². The number of rotatable bonds is 12. The summed E-state index contributed by atoms with van der Waals surface area (Å²) in [6.45, 7) is 0.778. The molecule has 5 rings (SSSR count). The van der Waals surface area contributed by atoms with E-state index < -0.39 is 5.97 Å². The van der Waals surface area contributed by atoms with Crippen molar-refractivity contribution in [3.05, 3.63) is 82.6 Å². The first-order valence-electron chi connectivity index (χ1n) is 14.4. The Kier molecular flexibility index (Phi) is 9.67. The van der Waals surface area contributed by atoms with Crippen molar-refractivity contribution in [3.8, 4) is 17.2 Å². The number of aryl methyl sites for hydroxylation is 2. The van der Waals surface area contributed by atoms with Gasteiger partial charge in [0.25, 0.3) is 0 Å². The van der Waals surface area contributed by atoms with Gasteiger partial charge in [0.15, 0.2) is 0 Å². The second-order valence-corrected chi connectivity index (χ2v) is 11.1. The van der Waals surface area contributed by atoms with Crippen LogP contribution in [0.5, 0.6) is 17.2 Å². The number of hydrogen-bond donors (Lipinski definition) is 1. The number of nitrogens with zero attached hydrogens (tertiary/aromatic N) is 2. The summed E-state index contributed by atoms with van der Waals surface area (Å²) in [5.74, 6) is 2.27. The molecule has 1 aromatic heterocycles. The van der Waals surface area contributed by atoms with Crippen LogP contribution in [-0.2, 0) is 31.3 Å². The van der Waals surface area contributed by atoms with Crippen LogP contribution in [0.4, 0.5) is 0 Å². The molecular formula is C33H37ClN2O5. The van der Waals surface area contributed by atoms with E-state index in [4.69, 9.17) is 35.9 Å². The molecule has 4 aromatic rings. The Balaban J connectivity index is 1.22. The van der Waals surface area contributed by atoms with Crippen LogP contribution >= 0.6 is 11.6 Å². The van der Waals surface area contributed by atoms with Gasteiger partial charge in [-0.05, 0) is 73.6 Å². The highest BCUT2D eigenvalue weighted by atomic mass is 35.5. The van der Waals surface area contributed by atoms with Crippen LogP contribution in [0.2, 0.25) is 5.02 Å². The quantitative estimate of drug-likeness (QED) is 0.175. The number of aromatic nitrogens is 2. The van der Waals surface area contributed by atoms with Crippen molar-refractivity contribution < 1.29 is 24.1 Å². The molecule has 1 fully saturated rings. The van der Waals surface area contributed by atoms with E-state index in [1.54, 1.807) is 0 Å². The first-order chi connectivity index (χ1) is 19.9. The van der Waals surface area contributed by atoms with Gasteiger partial charge in [-0.2, -0.15) is 0 Å². The summed E-state index contributed by atoms with van der Waals surface area (Å²) >= 11 is 5.99. The minimum absolute atomic E-state index is 0.0254. The predicted octanol–water partition coefficient (Wildman–Crippen LogP) is 7.55. The van der Waals surface area contributed by atoms with E-state index in [1.165, 1.54) is 25.7 Å². The highest BCUT2D eigenvalue weighted by Gasteiger charge is 2.16. The topological polar surface area (TPSA) is 82.8 Å². The lowest BCUT2D eigenvalue weighted by atomic mass is 10.1. The second-order valence-electron chi connectivity index (χ2n) is 10.6. The molecule has 41 heavy (non-hydrogen) atoms. The van der Waals surface area contributed by atoms with Crippen LogP contribution in [-0.4, -0.2) is 33.3 Å². The normalized spacial score (nSPS) is 14.1. The van der Waals surface area contributed by atoms with Crippen molar-refractivity contribution in [3.63, 3.8) is 0 Å². The fourth-order valence-corrected chi connectivity index (χ4v) is 5.40. The van der Waals surface area contributed by atoms with Crippen molar-refractivity contribution in [2.24, 2.45) is 7.05 Å². The van der Waals surface area contributed by atoms with Crippen LogP contribution in [0.15, 0.2) is 60.7 Å². The molecule has 8 heteroatoms. The number of benzene rings is 3. The number of carboxylic acids is 1. The molecule has 0 spiro atoms. The van der Waals surface area contributed by atoms with Gasteiger partial charge in [-0.25, -0.2) is 4.98 Å². The van der Waals surface area contributed by atoms with Gasteiger partial charge >= 0.3 is 5.97 Å². The highest BCUT2D eigenvalue weighted by molar-refractivity contribution is 6.30. The Labute approximate surface area is 246 Å². The van der Waals surface area contributed by atoms with Crippen molar-refractivity contribution in [2.75, 3.05) is 6.61 Å². The first kappa shape index (κ1) is 28.8. The zero-order valence-corrected chi connectivity index (χ0v) is 24.2. The molecule has 1 N–H and O–H groups in total. The molecule has 1 saturated carbocycles. The molecule has 1 aliphatic rings. The Hall–Kier alpha value is -3.71. The van der Waals surface area contributed by atoms with Crippen LogP contribution in [0.1, 0.15) is 61.9 Å². The van der Waals surface area contributed by atoms with Crippen molar-refractivity contribution in [1.82, 2.24) is 9.55 Å². The van der Waals surface area contributed by atoms with Crippen molar-refractivity contribution in [1.29, 1.82) is 0 Å². The Morgan fingerprint density at radius 2 is 1.71 bits per heavy atom. The molecule has 0 unspecified atom stereocenters. The first-order valence-corrected chi connectivity index (χ1v) is 14.8. The maximum absolute atomic E-state index is 11.2. The average molecular weight is 577 g/mol. The summed E-state index contributed by atoms with van der Waals surface area (Å²) in [5.41, 5.74) is 3.78. The molecule has 0 bridgehead atoms. The number of ether oxygens (including phenoxy) is 3. The SMILES string of the molecule is Cn1c(CCOc2ccc(CCC(=O)O)c(OCc3ccc(Cl)cc3)c2)nc2ccc(OC3CCCCCC3)cc21. The van der Waals surface area contributed by atoms with E-state index in [2.05, 4.69) is 10.6 Å². The van der Waals surface area contributed by atoms with Crippen LogP contribution < -0.4 is 14.2 Å². The van der Waals surface area contributed by atoms with Gasteiger partial charge in [0.05, 0.1) is 23.7 Å². The fourth-order valence-electron chi connectivity index (χ4n) is 5.28. The fraction of sp³-hybridized carbons (Fsp3) is 0.394. The van der Waals surface area contributed by atoms with Gasteiger partial charge in [0.1, 0.15) is 29.7 Å².